The average Bonchev–Trinajstić information content (AvgIpc) is 3.12. The van der Waals surface area contributed by atoms with Gasteiger partial charge in [0.1, 0.15) is 0 Å². The van der Waals surface area contributed by atoms with Crippen LogP contribution >= 0.6 is 12.2 Å². The molecule has 0 unspecified atom stereocenters. The first-order valence-corrected chi connectivity index (χ1v) is 11.1. The number of hydrogen-bond donors (Lipinski definition) is 0. The van der Waals surface area contributed by atoms with E-state index in [1.165, 1.54) is 0 Å². The molecule has 1 aliphatic heterocycles. The molecule has 2 aromatic heterocycles. The van der Waals surface area contributed by atoms with Crippen molar-refractivity contribution in [2.45, 2.75) is 13.6 Å². The van der Waals surface area contributed by atoms with E-state index in [9.17, 15) is 4.79 Å². The molecule has 4 aromatic rings. The van der Waals surface area contributed by atoms with Crippen molar-refractivity contribution in [2.24, 2.45) is 0 Å². The predicted molar refractivity (Wildman–Crippen MR) is 129 cm³/mol. The van der Waals surface area contributed by atoms with E-state index in [-0.39, 0.29) is 5.56 Å². The summed E-state index contributed by atoms with van der Waals surface area (Å²) in [6.45, 7) is 6.89. The minimum Gasteiger partial charge on any atom is -0.290 e. The zero-order chi connectivity index (χ0) is 22.2. The SMILES string of the molecule is C#CCN1CCN(Cn2nc3n(-c4ccc(C)cc4)c(=O)c4ccccc4n3c2=S)CC1. The van der Waals surface area contributed by atoms with Crippen LogP contribution < -0.4 is 5.56 Å². The van der Waals surface area contributed by atoms with E-state index in [0.717, 1.165) is 42.9 Å². The Balaban J connectivity index is 1.64. The van der Waals surface area contributed by atoms with Crippen LogP contribution in [-0.2, 0) is 6.67 Å². The fourth-order valence-corrected chi connectivity index (χ4v) is 4.52. The lowest BCUT2D eigenvalue weighted by atomic mass is 10.2. The van der Waals surface area contributed by atoms with Crippen molar-refractivity contribution in [3.63, 3.8) is 0 Å². The number of piperazine rings is 1. The summed E-state index contributed by atoms with van der Waals surface area (Å²) < 4.78 is 5.94. The molecule has 162 valence electrons. The van der Waals surface area contributed by atoms with Gasteiger partial charge in [-0.15, -0.1) is 11.5 Å². The molecule has 0 N–H and O–H groups in total. The molecule has 0 saturated carbocycles. The highest BCUT2D eigenvalue weighted by molar-refractivity contribution is 7.71. The van der Waals surface area contributed by atoms with Crippen LogP contribution in [0.2, 0.25) is 0 Å². The molecule has 5 rings (SSSR count). The van der Waals surface area contributed by atoms with Crippen molar-refractivity contribution < 1.29 is 0 Å². The molecule has 0 atom stereocenters. The molecular formula is C24H24N6OS. The minimum absolute atomic E-state index is 0.105. The Kier molecular flexibility index (Phi) is 5.39. The minimum atomic E-state index is -0.105. The zero-order valence-corrected chi connectivity index (χ0v) is 18.8. The summed E-state index contributed by atoms with van der Waals surface area (Å²) in [5.41, 5.74) is 2.56. The Hall–Kier alpha value is -3.25. The maximum Gasteiger partial charge on any atom is 0.267 e. The van der Waals surface area contributed by atoms with Gasteiger partial charge in [0.2, 0.25) is 10.5 Å². The predicted octanol–water partition coefficient (Wildman–Crippen LogP) is 2.69. The van der Waals surface area contributed by atoms with Crippen LogP contribution in [0, 0.1) is 24.0 Å². The molecule has 1 aliphatic rings. The highest BCUT2D eigenvalue weighted by Crippen LogP contribution is 2.18. The Bertz CT molecular complexity index is 1450. The summed E-state index contributed by atoms with van der Waals surface area (Å²) in [5, 5.41) is 5.43. The zero-order valence-electron chi connectivity index (χ0n) is 17.9. The molecular weight excluding hydrogens is 420 g/mol. The van der Waals surface area contributed by atoms with Crippen molar-refractivity contribution >= 4 is 28.9 Å². The van der Waals surface area contributed by atoms with Crippen LogP contribution in [0.5, 0.6) is 0 Å². The van der Waals surface area contributed by atoms with Crippen molar-refractivity contribution in [1.82, 2.24) is 28.5 Å². The van der Waals surface area contributed by atoms with Gasteiger partial charge in [-0.1, -0.05) is 35.7 Å². The summed E-state index contributed by atoms with van der Waals surface area (Å²) in [6, 6.07) is 15.4. The number of aromatic nitrogens is 4. The van der Waals surface area contributed by atoms with E-state index in [2.05, 4.69) is 15.7 Å². The molecule has 0 spiro atoms. The molecule has 0 aliphatic carbocycles. The summed E-state index contributed by atoms with van der Waals surface area (Å²) in [4.78, 5) is 18.0. The van der Waals surface area contributed by atoms with E-state index >= 15 is 0 Å². The van der Waals surface area contributed by atoms with Crippen LogP contribution in [-0.4, -0.2) is 61.3 Å². The Morgan fingerprint density at radius 1 is 1.03 bits per heavy atom. The largest absolute Gasteiger partial charge is 0.290 e. The summed E-state index contributed by atoms with van der Waals surface area (Å²) in [7, 11) is 0. The fourth-order valence-electron chi connectivity index (χ4n) is 4.24. The van der Waals surface area contributed by atoms with Crippen molar-refractivity contribution in [3.05, 3.63) is 69.2 Å². The number of para-hydroxylation sites is 1. The van der Waals surface area contributed by atoms with Crippen LogP contribution in [0.25, 0.3) is 22.4 Å². The molecule has 7 nitrogen and oxygen atoms in total. The molecule has 0 amide bonds. The number of terminal acetylenes is 1. The van der Waals surface area contributed by atoms with Crippen LogP contribution in [0.4, 0.5) is 0 Å². The smallest absolute Gasteiger partial charge is 0.267 e. The van der Waals surface area contributed by atoms with Gasteiger partial charge < -0.3 is 0 Å². The van der Waals surface area contributed by atoms with E-state index in [1.807, 2.05) is 64.5 Å². The lowest BCUT2D eigenvalue weighted by Gasteiger charge is -2.33. The maximum atomic E-state index is 13.5. The quantitative estimate of drug-likeness (QED) is 0.358. The van der Waals surface area contributed by atoms with Crippen molar-refractivity contribution in [2.75, 3.05) is 32.7 Å². The standard InChI is InChI=1S/C24H24N6OS/c1-3-12-26-13-15-27(16-14-26)17-28-24(32)30-21-7-5-4-6-20(21)22(31)29(23(30)25-28)19-10-8-18(2)9-11-19/h1,4-11H,12-17H2,2H3. The number of rotatable bonds is 4. The first-order chi connectivity index (χ1) is 15.6. The molecule has 1 fully saturated rings. The van der Waals surface area contributed by atoms with Crippen LogP contribution in [0.15, 0.2) is 53.3 Å². The van der Waals surface area contributed by atoms with Crippen molar-refractivity contribution in [1.29, 1.82) is 0 Å². The molecule has 32 heavy (non-hydrogen) atoms. The highest BCUT2D eigenvalue weighted by Gasteiger charge is 2.20. The van der Waals surface area contributed by atoms with Gasteiger partial charge in [-0.25, -0.2) is 9.25 Å². The second kappa shape index (κ2) is 8.36. The molecule has 3 heterocycles. The van der Waals surface area contributed by atoms with E-state index in [4.69, 9.17) is 23.7 Å². The second-order valence-corrected chi connectivity index (χ2v) is 8.52. The molecule has 0 radical (unpaired) electrons. The van der Waals surface area contributed by atoms with E-state index in [1.54, 1.807) is 4.57 Å². The van der Waals surface area contributed by atoms with E-state index < -0.39 is 0 Å². The van der Waals surface area contributed by atoms with Crippen LogP contribution in [0.3, 0.4) is 0 Å². The Labute approximate surface area is 191 Å². The molecule has 1 saturated heterocycles. The van der Waals surface area contributed by atoms with E-state index in [0.29, 0.717) is 29.1 Å². The lowest BCUT2D eigenvalue weighted by molar-refractivity contribution is 0.111. The van der Waals surface area contributed by atoms with Gasteiger partial charge in [0, 0.05) is 26.2 Å². The Morgan fingerprint density at radius 2 is 1.72 bits per heavy atom. The lowest BCUT2D eigenvalue weighted by Crippen LogP contribution is -2.46. The number of fused-ring (bicyclic) bond motifs is 3. The third kappa shape index (κ3) is 3.54. The van der Waals surface area contributed by atoms with Gasteiger partial charge in [0.05, 0.1) is 29.8 Å². The van der Waals surface area contributed by atoms with Gasteiger partial charge in [0.25, 0.3) is 5.56 Å². The highest BCUT2D eigenvalue weighted by atomic mass is 32.1. The number of nitrogens with zero attached hydrogens (tertiary/aromatic N) is 6. The van der Waals surface area contributed by atoms with Gasteiger partial charge in [-0.2, -0.15) is 0 Å². The number of benzene rings is 2. The normalized spacial score (nSPS) is 15.4. The molecule has 0 bridgehead atoms. The van der Waals surface area contributed by atoms with Gasteiger partial charge in [0.15, 0.2) is 0 Å². The number of aryl methyl sites for hydroxylation is 1. The van der Waals surface area contributed by atoms with Gasteiger partial charge >= 0.3 is 0 Å². The first kappa shape index (κ1) is 20.6. The van der Waals surface area contributed by atoms with Crippen LogP contribution in [0.1, 0.15) is 5.56 Å². The third-order valence-corrected chi connectivity index (χ3v) is 6.40. The first-order valence-electron chi connectivity index (χ1n) is 10.7. The topological polar surface area (TPSA) is 50.7 Å². The molecule has 2 aromatic carbocycles. The third-order valence-electron chi connectivity index (χ3n) is 6.01. The van der Waals surface area contributed by atoms with Crippen molar-refractivity contribution in [3.8, 4) is 18.0 Å². The summed E-state index contributed by atoms with van der Waals surface area (Å²) in [5.74, 6) is 3.24. The molecule has 8 heteroatoms. The summed E-state index contributed by atoms with van der Waals surface area (Å²) >= 11 is 5.85. The second-order valence-electron chi connectivity index (χ2n) is 8.15. The Morgan fingerprint density at radius 3 is 2.44 bits per heavy atom. The average molecular weight is 445 g/mol. The van der Waals surface area contributed by atoms with Gasteiger partial charge in [-0.3, -0.25) is 19.0 Å². The van der Waals surface area contributed by atoms with Gasteiger partial charge in [-0.05, 0) is 43.4 Å². The number of hydrogen-bond acceptors (Lipinski definition) is 5. The maximum absolute atomic E-state index is 13.5. The summed E-state index contributed by atoms with van der Waals surface area (Å²) in [6.07, 6.45) is 5.44. The monoisotopic (exact) mass is 444 g/mol. The fraction of sp³-hybridized carbons (Fsp3) is 0.292.